The van der Waals surface area contributed by atoms with Gasteiger partial charge in [0.25, 0.3) is 0 Å². The van der Waals surface area contributed by atoms with Gasteiger partial charge in [-0.05, 0) is 63.9 Å². The molecule has 0 radical (unpaired) electrons. The van der Waals surface area contributed by atoms with Gasteiger partial charge in [-0.2, -0.15) is 0 Å². The van der Waals surface area contributed by atoms with Crippen molar-refractivity contribution >= 4 is 37.7 Å². The number of nitrogens with one attached hydrogen (secondary N) is 1. The number of H-pyrrole nitrogens is 1. The van der Waals surface area contributed by atoms with Crippen molar-refractivity contribution < 1.29 is 0 Å². The Hall–Kier alpha value is -2.06. The number of halogens is 1. The molecule has 0 saturated heterocycles. The molecule has 1 N–H and O–H groups in total. The van der Waals surface area contributed by atoms with Crippen molar-refractivity contribution in [3.8, 4) is 11.1 Å². The first-order chi connectivity index (χ1) is 13.0. The van der Waals surface area contributed by atoms with Crippen LogP contribution in [0.25, 0.3) is 32.9 Å². The molecule has 0 spiro atoms. The first kappa shape index (κ1) is 19.3. The Labute approximate surface area is 176 Å². The van der Waals surface area contributed by atoms with E-state index in [0.29, 0.717) is 0 Å². The van der Waals surface area contributed by atoms with Crippen molar-refractivity contribution in [3.63, 3.8) is 0 Å². The molecule has 1 nitrogen and oxygen atoms in total. The van der Waals surface area contributed by atoms with E-state index in [0.717, 1.165) is 4.47 Å². The van der Waals surface area contributed by atoms with E-state index in [9.17, 15) is 0 Å². The van der Waals surface area contributed by atoms with Crippen molar-refractivity contribution in [1.29, 1.82) is 0 Å². The van der Waals surface area contributed by atoms with Crippen molar-refractivity contribution in [1.82, 2.24) is 4.98 Å². The van der Waals surface area contributed by atoms with E-state index >= 15 is 0 Å². The maximum Gasteiger partial charge on any atom is 0.0544 e. The molecule has 4 aromatic rings. The SMILES string of the molecule is CC(C)(C)c1ccc2[nH]c3c(-c4ccc(Br)cc4)cc(C(C)(C)C)cc3c2c1. The zero-order valence-corrected chi connectivity index (χ0v) is 19.2. The molecule has 0 bridgehead atoms. The normalized spacial score (nSPS) is 12.8. The zero-order chi connectivity index (χ0) is 20.3. The van der Waals surface area contributed by atoms with Crippen LogP contribution in [0.2, 0.25) is 0 Å². The molecule has 0 aliphatic carbocycles. The van der Waals surface area contributed by atoms with Gasteiger partial charge in [0.05, 0.1) is 5.52 Å². The zero-order valence-electron chi connectivity index (χ0n) is 17.6. The summed E-state index contributed by atoms with van der Waals surface area (Å²) < 4.78 is 1.10. The van der Waals surface area contributed by atoms with Gasteiger partial charge in [0, 0.05) is 26.3 Å². The highest BCUT2D eigenvalue weighted by Crippen LogP contribution is 2.39. The quantitative estimate of drug-likeness (QED) is 0.310. The van der Waals surface area contributed by atoms with Gasteiger partial charge in [-0.25, -0.2) is 0 Å². The first-order valence-corrected chi connectivity index (χ1v) is 10.7. The van der Waals surface area contributed by atoms with E-state index in [-0.39, 0.29) is 10.8 Å². The molecule has 144 valence electrons. The summed E-state index contributed by atoms with van der Waals surface area (Å²) in [6.45, 7) is 13.7. The highest BCUT2D eigenvalue weighted by Gasteiger charge is 2.20. The number of aromatic amines is 1. The van der Waals surface area contributed by atoms with Crippen LogP contribution < -0.4 is 0 Å². The van der Waals surface area contributed by atoms with Crippen molar-refractivity contribution in [2.45, 2.75) is 52.4 Å². The minimum atomic E-state index is 0.0868. The fourth-order valence-electron chi connectivity index (χ4n) is 3.76. The number of hydrogen-bond donors (Lipinski definition) is 1. The van der Waals surface area contributed by atoms with Crippen molar-refractivity contribution in [2.75, 3.05) is 0 Å². The monoisotopic (exact) mass is 433 g/mol. The van der Waals surface area contributed by atoms with Gasteiger partial charge >= 0.3 is 0 Å². The van der Waals surface area contributed by atoms with Gasteiger partial charge in [0.15, 0.2) is 0 Å². The van der Waals surface area contributed by atoms with E-state index in [1.807, 2.05) is 0 Å². The topological polar surface area (TPSA) is 15.8 Å². The fourth-order valence-corrected chi connectivity index (χ4v) is 4.02. The molecule has 0 fully saturated rings. The average Bonchev–Trinajstić information content (AvgIpc) is 2.98. The Kier molecular flexibility index (Phi) is 4.46. The van der Waals surface area contributed by atoms with E-state index in [1.165, 1.54) is 44.1 Å². The van der Waals surface area contributed by atoms with Gasteiger partial charge in [-0.1, -0.05) is 75.7 Å². The third-order valence-corrected chi connectivity index (χ3v) is 6.12. The summed E-state index contributed by atoms with van der Waals surface area (Å²) >= 11 is 3.56. The second kappa shape index (κ2) is 6.49. The predicted octanol–water partition coefficient (Wildman–Crippen LogP) is 8.35. The molecule has 1 aromatic heterocycles. The maximum atomic E-state index is 3.71. The summed E-state index contributed by atoms with van der Waals surface area (Å²) in [5.41, 5.74) is 7.87. The van der Waals surface area contributed by atoms with E-state index < -0.39 is 0 Å². The van der Waals surface area contributed by atoms with Crippen LogP contribution in [0.4, 0.5) is 0 Å². The predicted molar refractivity (Wildman–Crippen MR) is 126 cm³/mol. The third-order valence-electron chi connectivity index (χ3n) is 5.60. The Balaban J connectivity index is 2.09. The van der Waals surface area contributed by atoms with Crippen LogP contribution in [0, 0.1) is 0 Å². The summed E-state index contributed by atoms with van der Waals surface area (Å²) in [6, 6.07) is 20.2. The Morgan fingerprint density at radius 3 is 1.89 bits per heavy atom. The van der Waals surface area contributed by atoms with E-state index in [1.54, 1.807) is 0 Å². The Bertz CT molecular complexity index is 1170. The van der Waals surface area contributed by atoms with Gasteiger partial charge in [-0.15, -0.1) is 0 Å². The highest BCUT2D eigenvalue weighted by atomic mass is 79.9. The Morgan fingerprint density at radius 1 is 0.679 bits per heavy atom. The van der Waals surface area contributed by atoms with Crippen LogP contribution in [0.3, 0.4) is 0 Å². The summed E-state index contributed by atoms with van der Waals surface area (Å²) in [5, 5.41) is 2.62. The molecular formula is C26H28BrN. The molecule has 4 rings (SSSR count). The Morgan fingerprint density at radius 2 is 1.29 bits per heavy atom. The lowest BCUT2D eigenvalue weighted by Gasteiger charge is -2.21. The lowest BCUT2D eigenvalue weighted by atomic mass is 9.83. The van der Waals surface area contributed by atoms with Gasteiger partial charge in [0.2, 0.25) is 0 Å². The smallest absolute Gasteiger partial charge is 0.0544 e. The molecule has 1 heterocycles. The van der Waals surface area contributed by atoms with Crippen molar-refractivity contribution in [2.24, 2.45) is 0 Å². The molecule has 0 aliphatic rings. The molecule has 2 heteroatoms. The third kappa shape index (κ3) is 3.39. The second-order valence-corrected chi connectivity index (χ2v) is 10.8. The molecule has 28 heavy (non-hydrogen) atoms. The van der Waals surface area contributed by atoms with E-state index in [4.69, 9.17) is 0 Å². The number of fused-ring (bicyclic) bond motifs is 3. The van der Waals surface area contributed by atoms with Crippen LogP contribution >= 0.6 is 15.9 Å². The summed E-state index contributed by atoms with van der Waals surface area (Å²) in [6.07, 6.45) is 0. The maximum absolute atomic E-state index is 3.71. The number of aromatic nitrogens is 1. The molecule has 3 aromatic carbocycles. The molecule has 0 unspecified atom stereocenters. The lowest BCUT2D eigenvalue weighted by Crippen LogP contribution is -2.11. The average molecular weight is 434 g/mol. The summed E-state index contributed by atoms with van der Waals surface area (Å²) in [7, 11) is 0. The molecule has 0 aliphatic heterocycles. The summed E-state index contributed by atoms with van der Waals surface area (Å²) in [5.74, 6) is 0. The molecular weight excluding hydrogens is 406 g/mol. The molecule has 0 atom stereocenters. The second-order valence-electron chi connectivity index (χ2n) is 9.84. The molecule has 0 saturated carbocycles. The van der Waals surface area contributed by atoms with Gasteiger partial charge in [-0.3, -0.25) is 0 Å². The van der Waals surface area contributed by atoms with Gasteiger partial charge < -0.3 is 4.98 Å². The van der Waals surface area contributed by atoms with Crippen LogP contribution in [0.5, 0.6) is 0 Å². The van der Waals surface area contributed by atoms with Crippen LogP contribution in [0.15, 0.2) is 59.1 Å². The number of rotatable bonds is 1. The highest BCUT2D eigenvalue weighted by molar-refractivity contribution is 9.10. The first-order valence-electron chi connectivity index (χ1n) is 9.90. The standard InChI is InChI=1S/C26H28BrN/c1-25(2,3)17-9-12-23-21(13-17)22-15-18(26(4,5)6)14-20(24(22)28-23)16-7-10-19(27)11-8-16/h7-15,28H,1-6H3. The van der Waals surface area contributed by atoms with Crippen LogP contribution in [-0.2, 0) is 10.8 Å². The fraction of sp³-hybridized carbons (Fsp3) is 0.308. The van der Waals surface area contributed by atoms with Gasteiger partial charge in [0.1, 0.15) is 0 Å². The van der Waals surface area contributed by atoms with E-state index in [2.05, 4.69) is 117 Å². The number of hydrogen-bond acceptors (Lipinski definition) is 0. The lowest BCUT2D eigenvalue weighted by molar-refractivity contribution is 0.590. The summed E-state index contributed by atoms with van der Waals surface area (Å²) in [4.78, 5) is 3.71. The number of benzene rings is 3. The largest absolute Gasteiger partial charge is 0.354 e. The minimum Gasteiger partial charge on any atom is -0.354 e. The van der Waals surface area contributed by atoms with Crippen LogP contribution in [0.1, 0.15) is 52.7 Å². The van der Waals surface area contributed by atoms with Crippen molar-refractivity contribution in [3.05, 3.63) is 70.2 Å². The van der Waals surface area contributed by atoms with Crippen LogP contribution in [-0.4, -0.2) is 4.98 Å². The minimum absolute atomic E-state index is 0.0868. The molecule has 0 amide bonds.